The third-order valence-electron chi connectivity index (χ3n) is 3.79. The van der Waals surface area contributed by atoms with E-state index in [9.17, 15) is 31.5 Å². The van der Waals surface area contributed by atoms with Crippen molar-refractivity contribution < 1.29 is 36.2 Å². The molecule has 2 rings (SSSR count). The molecule has 0 heterocycles. The van der Waals surface area contributed by atoms with Crippen molar-refractivity contribution in [1.29, 1.82) is 0 Å². The van der Waals surface area contributed by atoms with Gasteiger partial charge in [0.2, 0.25) is 15.4 Å². The first kappa shape index (κ1) is 20.7. The Hall–Kier alpha value is -2.59. The number of aliphatic hydroxyl groups is 1. The number of hydrogen-bond donors (Lipinski definition) is 2. The number of ether oxygens (including phenoxy) is 1. The van der Waals surface area contributed by atoms with Gasteiger partial charge < -0.3 is 15.2 Å². The number of carbonyl (C=O) groups excluding carboxylic acids is 1. The van der Waals surface area contributed by atoms with Crippen LogP contribution in [0.3, 0.4) is 0 Å². The molecule has 1 amide bonds. The molecule has 2 aromatic carbocycles. The summed E-state index contributed by atoms with van der Waals surface area (Å²) in [4.78, 5) is 11.5. The molecule has 27 heavy (non-hydrogen) atoms. The highest BCUT2D eigenvalue weighted by molar-refractivity contribution is 7.91. The number of halogens is 3. The van der Waals surface area contributed by atoms with Crippen LogP contribution in [-0.4, -0.2) is 38.3 Å². The Labute approximate surface area is 153 Å². The van der Waals surface area contributed by atoms with E-state index >= 15 is 0 Å². The second-order valence-electron chi connectivity index (χ2n) is 5.73. The highest BCUT2D eigenvalue weighted by Gasteiger charge is 2.55. The lowest BCUT2D eigenvalue weighted by Crippen LogP contribution is -2.52. The summed E-state index contributed by atoms with van der Waals surface area (Å²) in [6, 6.07) is 10.2. The van der Waals surface area contributed by atoms with Gasteiger partial charge in [0.1, 0.15) is 5.75 Å². The number of amides is 1. The van der Waals surface area contributed by atoms with Crippen LogP contribution in [0.15, 0.2) is 58.3 Å². The largest absolute Gasteiger partial charge is 0.497 e. The van der Waals surface area contributed by atoms with Crippen molar-refractivity contribution in [2.45, 2.75) is 28.5 Å². The van der Waals surface area contributed by atoms with Gasteiger partial charge in [-0.2, -0.15) is 13.2 Å². The van der Waals surface area contributed by atoms with Gasteiger partial charge in [0.05, 0.1) is 16.9 Å². The fraction of sp³-hybridized carbons (Fsp3) is 0.235. The molecule has 6 nitrogen and oxygen atoms in total. The maximum Gasteiger partial charge on any atom is 0.426 e. The number of alkyl halides is 3. The highest BCUT2D eigenvalue weighted by atomic mass is 32.2. The summed E-state index contributed by atoms with van der Waals surface area (Å²) in [7, 11) is -2.42. The number of nitrogens with one attached hydrogen (secondary N) is 1. The van der Waals surface area contributed by atoms with Gasteiger partial charge in [-0.3, -0.25) is 4.79 Å². The zero-order valence-corrected chi connectivity index (χ0v) is 15.1. The fourth-order valence-electron chi connectivity index (χ4n) is 1.99. The van der Waals surface area contributed by atoms with Crippen molar-refractivity contribution in [2.75, 3.05) is 12.4 Å². The molecule has 10 heteroatoms. The Kier molecular flexibility index (Phi) is 5.52. The van der Waals surface area contributed by atoms with E-state index in [0.29, 0.717) is 12.7 Å². The quantitative estimate of drug-likeness (QED) is 0.801. The Bertz CT molecular complexity index is 921. The molecule has 0 radical (unpaired) electrons. The molecule has 2 aromatic rings. The number of methoxy groups -OCH3 is 1. The monoisotopic (exact) mass is 403 g/mol. The number of carbonyl (C=O) groups is 1. The molecule has 2 N–H and O–H groups in total. The summed E-state index contributed by atoms with van der Waals surface area (Å²) in [5, 5.41) is 11.2. The lowest BCUT2D eigenvalue weighted by atomic mass is 10.1. The van der Waals surface area contributed by atoms with Gasteiger partial charge >= 0.3 is 6.18 Å². The number of sulfone groups is 1. The van der Waals surface area contributed by atoms with Crippen LogP contribution in [0.25, 0.3) is 0 Å². The van der Waals surface area contributed by atoms with Gasteiger partial charge in [-0.15, -0.1) is 0 Å². The van der Waals surface area contributed by atoms with E-state index in [0.717, 1.165) is 24.3 Å². The minimum absolute atomic E-state index is 0.0000836. The topological polar surface area (TPSA) is 92.7 Å². The Morgan fingerprint density at radius 3 is 1.85 bits per heavy atom. The van der Waals surface area contributed by atoms with Crippen molar-refractivity contribution in [2.24, 2.45) is 0 Å². The lowest BCUT2D eigenvalue weighted by molar-refractivity contribution is -0.242. The first-order valence-corrected chi connectivity index (χ1v) is 8.97. The minimum Gasteiger partial charge on any atom is -0.497 e. The van der Waals surface area contributed by atoms with E-state index in [1.165, 1.54) is 31.4 Å². The Balaban J connectivity index is 2.22. The maximum atomic E-state index is 12.6. The molecule has 0 bridgehead atoms. The third kappa shape index (κ3) is 4.22. The van der Waals surface area contributed by atoms with E-state index in [1.807, 2.05) is 5.32 Å². The number of rotatable bonds is 5. The molecule has 0 aromatic heterocycles. The van der Waals surface area contributed by atoms with Gasteiger partial charge in [-0.25, -0.2) is 8.42 Å². The SMILES string of the molecule is COc1ccc(S(=O)(=O)c2ccc(NC(=O)C(C)(O)C(F)(F)F)cc2)cc1. The molecule has 0 saturated heterocycles. The Morgan fingerprint density at radius 2 is 1.44 bits per heavy atom. The van der Waals surface area contributed by atoms with Gasteiger partial charge in [-0.05, 0) is 55.5 Å². The first-order chi connectivity index (χ1) is 12.4. The summed E-state index contributed by atoms with van der Waals surface area (Å²) >= 11 is 0. The lowest BCUT2D eigenvalue weighted by Gasteiger charge is -2.24. The standard InChI is InChI=1S/C17H16F3NO5S/c1-16(23,17(18,19)20)15(22)21-11-3-7-13(8-4-11)27(24,25)14-9-5-12(26-2)6-10-14/h3-10,23H,1-2H3,(H,21,22). The molecule has 0 aliphatic rings. The van der Waals surface area contributed by atoms with Gasteiger partial charge in [0, 0.05) is 5.69 Å². The molecule has 0 aliphatic heterocycles. The minimum atomic E-state index is -5.16. The molecule has 0 fully saturated rings. The summed E-state index contributed by atoms with van der Waals surface area (Å²) in [6.45, 7) is 0.324. The Morgan fingerprint density at radius 1 is 1.00 bits per heavy atom. The average Bonchev–Trinajstić information content (AvgIpc) is 2.61. The van der Waals surface area contributed by atoms with Gasteiger partial charge in [0.25, 0.3) is 5.91 Å². The summed E-state index contributed by atoms with van der Waals surface area (Å²) in [5.41, 5.74) is -3.68. The zero-order chi connectivity index (χ0) is 20.5. The molecule has 0 saturated carbocycles. The molecule has 146 valence electrons. The van der Waals surface area contributed by atoms with Crippen LogP contribution in [0.4, 0.5) is 18.9 Å². The van der Waals surface area contributed by atoms with Crippen molar-refractivity contribution in [3.63, 3.8) is 0 Å². The molecular weight excluding hydrogens is 387 g/mol. The predicted octanol–water partition coefficient (Wildman–Crippen LogP) is 2.78. The maximum absolute atomic E-state index is 12.6. The van der Waals surface area contributed by atoms with Crippen LogP contribution in [-0.2, 0) is 14.6 Å². The number of benzene rings is 2. The van der Waals surface area contributed by atoms with Crippen LogP contribution in [0, 0.1) is 0 Å². The normalized spacial score (nSPS) is 14.3. The molecular formula is C17H16F3NO5S. The van der Waals surface area contributed by atoms with E-state index in [2.05, 4.69) is 0 Å². The highest BCUT2D eigenvalue weighted by Crippen LogP contribution is 2.31. The van der Waals surface area contributed by atoms with Crippen LogP contribution >= 0.6 is 0 Å². The summed E-state index contributed by atoms with van der Waals surface area (Å²) < 4.78 is 68.0. The summed E-state index contributed by atoms with van der Waals surface area (Å²) in [6.07, 6.45) is -5.16. The van der Waals surface area contributed by atoms with Gasteiger partial charge in [-0.1, -0.05) is 0 Å². The molecule has 1 atom stereocenters. The van der Waals surface area contributed by atoms with Crippen molar-refractivity contribution in [1.82, 2.24) is 0 Å². The van der Waals surface area contributed by atoms with E-state index in [4.69, 9.17) is 4.74 Å². The first-order valence-electron chi connectivity index (χ1n) is 7.49. The zero-order valence-electron chi connectivity index (χ0n) is 14.2. The second kappa shape index (κ2) is 7.20. The number of anilines is 1. The predicted molar refractivity (Wildman–Crippen MR) is 90.2 cm³/mol. The van der Waals surface area contributed by atoms with Gasteiger partial charge in [0.15, 0.2) is 0 Å². The van der Waals surface area contributed by atoms with E-state index in [-0.39, 0.29) is 15.5 Å². The van der Waals surface area contributed by atoms with Crippen molar-refractivity contribution in [3.05, 3.63) is 48.5 Å². The van der Waals surface area contributed by atoms with E-state index in [1.54, 1.807) is 0 Å². The van der Waals surface area contributed by atoms with Crippen LogP contribution < -0.4 is 10.1 Å². The number of hydrogen-bond acceptors (Lipinski definition) is 5. The molecule has 1 unspecified atom stereocenters. The van der Waals surface area contributed by atoms with Crippen molar-refractivity contribution in [3.8, 4) is 5.75 Å². The summed E-state index contributed by atoms with van der Waals surface area (Å²) in [5.74, 6) is -1.20. The van der Waals surface area contributed by atoms with Crippen LogP contribution in [0.1, 0.15) is 6.92 Å². The second-order valence-corrected chi connectivity index (χ2v) is 7.68. The molecule has 0 aliphatic carbocycles. The van der Waals surface area contributed by atoms with Crippen LogP contribution in [0.5, 0.6) is 5.75 Å². The van der Waals surface area contributed by atoms with E-state index < -0.39 is 27.5 Å². The van der Waals surface area contributed by atoms with Crippen LogP contribution in [0.2, 0.25) is 0 Å². The van der Waals surface area contributed by atoms with Crippen molar-refractivity contribution >= 4 is 21.4 Å². The fourth-order valence-corrected chi connectivity index (χ4v) is 3.25. The smallest absolute Gasteiger partial charge is 0.426 e. The average molecular weight is 403 g/mol. The molecule has 0 spiro atoms. The third-order valence-corrected chi connectivity index (χ3v) is 5.57.